The number of carbonyl (C=O) groups is 4. The van der Waals surface area contributed by atoms with Crippen molar-refractivity contribution in [1.29, 1.82) is 0 Å². The smallest absolute Gasteiger partial charge is 0.420 e. The van der Waals surface area contributed by atoms with Crippen LogP contribution in [0.25, 0.3) is 56.6 Å². The molecule has 440 valence electrons. The lowest BCUT2D eigenvalue weighted by atomic mass is 10.0. The highest BCUT2D eigenvalue weighted by Gasteiger charge is 2.37. The van der Waals surface area contributed by atoms with Crippen molar-refractivity contribution in [3.8, 4) is 22.5 Å². The number of fused-ring (bicyclic) bond motifs is 2. The number of rotatable bonds is 14. The van der Waals surface area contributed by atoms with E-state index < -0.39 is 40.7 Å². The van der Waals surface area contributed by atoms with E-state index in [1.807, 2.05) is 6.92 Å². The van der Waals surface area contributed by atoms with Crippen LogP contribution >= 0.6 is 0 Å². The van der Waals surface area contributed by atoms with Crippen LogP contribution in [-0.2, 0) is 34.8 Å². The number of nitrogen functional groups attached to an aromatic ring is 2. The number of allylic oxidation sites excluding steroid dienone is 2. The van der Waals surface area contributed by atoms with Gasteiger partial charge in [-0.15, -0.1) is 0 Å². The zero-order chi connectivity index (χ0) is 59.9. The summed E-state index contributed by atoms with van der Waals surface area (Å²) in [6.45, 7) is 5.84. The van der Waals surface area contributed by atoms with E-state index in [2.05, 4.69) is 25.3 Å². The number of aromatic nitrogens is 4. The van der Waals surface area contributed by atoms with Gasteiger partial charge in [0.15, 0.2) is 11.6 Å². The van der Waals surface area contributed by atoms with Gasteiger partial charge in [-0.2, -0.15) is 26.3 Å². The van der Waals surface area contributed by atoms with Crippen molar-refractivity contribution in [2.45, 2.75) is 83.4 Å². The Hall–Kier alpha value is -9.06. The first-order valence-electron chi connectivity index (χ1n) is 25.9. The van der Waals surface area contributed by atoms with Gasteiger partial charge in [0, 0.05) is 92.0 Å². The van der Waals surface area contributed by atoms with E-state index in [0.29, 0.717) is 35.7 Å². The molecule has 17 nitrogen and oxygen atoms in total. The highest BCUT2D eigenvalue weighted by molar-refractivity contribution is 5.96. The molecule has 8 heterocycles. The number of ketones is 2. The zero-order valence-electron chi connectivity index (χ0n) is 44.7. The summed E-state index contributed by atoms with van der Waals surface area (Å²) in [7, 11) is 0. The van der Waals surface area contributed by atoms with Crippen LogP contribution in [0, 0.1) is 0 Å². The Kier molecular flexibility index (Phi) is 19.4. The number of hydrogen-bond acceptors (Lipinski definition) is 15. The fourth-order valence-electron chi connectivity index (χ4n) is 8.93. The average Bonchev–Trinajstić information content (AvgIpc) is 2.22. The number of nitrogens with one attached hydrogen (secondary N) is 1. The summed E-state index contributed by atoms with van der Waals surface area (Å²) >= 11 is 0. The van der Waals surface area contributed by atoms with Gasteiger partial charge in [0.2, 0.25) is 0 Å². The zero-order valence-corrected chi connectivity index (χ0v) is 44.7. The van der Waals surface area contributed by atoms with Crippen LogP contribution < -0.4 is 16.8 Å². The number of carboxylic acids is 1. The lowest BCUT2D eigenvalue weighted by Gasteiger charge is -2.19. The number of pyridine rings is 4. The van der Waals surface area contributed by atoms with Crippen LogP contribution in [-0.4, -0.2) is 101 Å². The van der Waals surface area contributed by atoms with Gasteiger partial charge >= 0.3 is 18.3 Å². The summed E-state index contributed by atoms with van der Waals surface area (Å²) in [5, 5.41) is 31.7. The predicted molar refractivity (Wildman–Crippen MR) is 304 cm³/mol. The number of halogens is 6. The third-order valence-corrected chi connectivity index (χ3v) is 13.4. The molecule has 1 amide bonds. The van der Waals surface area contributed by atoms with E-state index in [1.165, 1.54) is 84.2 Å². The molecule has 2 fully saturated rings. The molecule has 0 spiro atoms. The van der Waals surface area contributed by atoms with Gasteiger partial charge in [0.1, 0.15) is 34.3 Å². The molecule has 2 atom stereocenters. The van der Waals surface area contributed by atoms with Crippen molar-refractivity contribution in [3.63, 3.8) is 0 Å². The van der Waals surface area contributed by atoms with Gasteiger partial charge < -0.3 is 45.8 Å². The van der Waals surface area contributed by atoms with Crippen LogP contribution in [0.4, 0.5) is 38.0 Å². The predicted octanol–water partition coefficient (Wildman–Crippen LogP) is 11.1. The fraction of sp³-hybridized carbons (Fsp3) is 0.279. The quantitative estimate of drug-likeness (QED) is 0.0436. The molecule has 2 saturated heterocycles. The molecule has 10 rings (SSSR count). The third-order valence-electron chi connectivity index (χ3n) is 13.4. The van der Waals surface area contributed by atoms with Gasteiger partial charge in [-0.25, -0.2) is 14.8 Å². The number of alkyl halides is 6. The number of aromatic carboxylic acids is 1. The highest BCUT2D eigenvalue weighted by atomic mass is 19.4. The molecule has 84 heavy (non-hydrogen) atoms. The molecular weight excluding hydrogens is 1100 g/mol. The molecule has 2 aliphatic rings. The molecule has 0 saturated carbocycles. The Balaban J connectivity index is 0.000000215. The van der Waals surface area contributed by atoms with Crippen molar-refractivity contribution in [3.05, 3.63) is 167 Å². The van der Waals surface area contributed by atoms with Crippen molar-refractivity contribution in [1.82, 2.24) is 30.2 Å². The number of nitrogens with zero attached hydrogens (tertiary/aromatic N) is 5. The second kappa shape index (κ2) is 26.0. The molecule has 2 aliphatic heterocycles. The molecular formula is C61H60F6N8O9. The Labute approximate surface area is 477 Å². The first-order chi connectivity index (χ1) is 39.2. The molecule has 0 bridgehead atoms. The number of carboxylic acid groups (broad SMARTS) is 1. The Morgan fingerprint density at radius 1 is 0.643 bits per heavy atom. The number of β-amino-alcohol motifs (C(OH)–C–C–N with tert-alkyl or cyclic N) is 2. The summed E-state index contributed by atoms with van der Waals surface area (Å²) < 4.78 is 94.3. The lowest BCUT2D eigenvalue weighted by molar-refractivity contribution is -0.137. The van der Waals surface area contributed by atoms with Crippen LogP contribution in [0.5, 0.6) is 0 Å². The average molecular weight is 1160 g/mol. The van der Waals surface area contributed by atoms with E-state index in [1.54, 1.807) is 43.3 Å². The summed E-state index contributed by atoms with van der Waals surface area (Å²) in [6.07, 6.45) is 3.59. The molecule has 8 N–H and O–H groups in total. The van der Waals surface area contributed by atoms with Gasteiger partial charge in [-0.3, -0.25) is 24.4 Å². The number of likely N-dealkylation sites (tertiary alicyclic amines) is 1. The number of furan rings is 2. The molecule has 0 radical (unpaired) electrons. The maximum absolute atomic E-state index is 14.0. The Bertz CT molecular complexity index is 3700. The van der Waals surface area contributed by atoms with E-state index in [-0.39, 0.29) is 124 Å². The van der Waals surface area contributed by atoms with Gasteiger partial charge in [-0.05, 0) is 154 Å². The van der Waals surface area contributed by atoms with E-state index in [0.717, 1.165) is 37.8 Å². The fourth-order valence-corrected chi connectivity index (χ4v) is 8.93. The largest absolute Gasteiger partial charge is 0.478 e. The second-order valence-corrected chi connectivity index (χ2v) is 20.5. The number of hydrogen-bond donors (Lipinski definition) is 6. The number of aliphatic hydroxyl groups is 2. The maximum Gasteiger partial charge on any atom is 0.420 e. The number of anilines is 2. The van der Waals surface area contributed by atoms with Gasteiger partial charge in [0.05, 0.1) is 44.8 Å². The summed E-state index contributed by atoms with van der Waals surface area (Å²) in [5.41, 5.74) is 9.46. The summed E-state index contributed by atoms with van der Waals surface area (Å²) in [5.74, 6) is -0.769. The molecule has 23 heteroatoms. The van der Waals surface area contributed by atoms with E-state index in [9.17, 15) is 50.6 Å². The number of amides is 1. The lowest BCUT2D eigenvalue weighted by Crippen LogP contribution is -2.33. The maximum atomic E-state index is 14.0. The second-order valence-electron chi connectivity index (χ2n) is 20.5. The first-order valence-corrected chi connectivity index (χ1v) is 25.9. The molecule has 6 aromatic heterocycles. The molecule has 2 aromatic carbocycles. The normalized spacial score (nSPS) is 17.0. The monoisotopic (exact) mass is 1160 g/mol. The number of nitrogens with two attached hydrogens (primary N) is 2. The van der Waals surface area contributed by atoms with Crippen molar-refractivity contribution in [2.24, 2.45) is 0 Å². The number of benzene rings is 2. The van der Waals surface area contributed by atoms with E-state index in [4.69, 9.17) is 30.5 Å². The van der Waals surface area contributed by atoms with Crippen LogP contribution in [0.2, 0.25) is 0 Å². The third kappa shape index (κ3) is 16.6. The number of carbonyl (C=O) groups excluding carboxylic acids is 3. The van der Waals surface area contributed by atoms with E-state index >= 15 is 0 Å². The molecule has 0 aliphatic carbocycles. The van der Waals surface area contributed by atoms with Crippen LogP contribution in [0.15, 0.2) is 131 Å². The standard InChI is InChI=1S/C30H27F3N4O4.C25H18F3N3O4.C5H11NO.CH4/c1-29(40)10-11-37(17-29)28(39)19-4-8-25(35-16-19)20-12-21-13-23(41-27(21)24(14-20)30(31,32)33)7-6-22(38)5-2-18-3-9-26(34)36-15-18;26-25(27,28)20-11-16(21-7-3-15(13-30-21)24(33)34)9-17-10-19(35-23(17)20)6-5-18(32)4-1-14-2-8-22(29)31-12-14;1-5(7)2-3-6-4-5;/h2-5,8-9,12-16,40H,6-7,10-11,17H2,1H3,(H2,34,36);1-4,7-13H,5-6H2,(H2,29,31)(H,33,34);6-7H,2-4H2,1H3;1H4/b5-2+;4-1+;;. The number of aryl methyl sites for hydroxylation is 2. The summed E-state index contributed by atoms with van der Waals surface area (Å²) in [6, 6.07) is 20.1. The van der Waals surface area contributed by atoms with Crippen LogP contribution in [0.1, 0.15) is 101 Å². The molecule has 8 aromatic rings. The first kappa shape index (κ1) is 62.5. The van der Waals surface area contributed by atoms with Crippen molar-refractivity contribution in [2.75, 3.05) is 37.6 Å². The molecule has 2 unspecified atom stereocenters. The summed E-state index contributed by atoms with van der Waals surface area (Å²) in [4.78, 5) is 65.9. The van der Waals surface area contributed by atoms with Gasteiger partial charge in [-0.1, -0.05) is 7.43 Å². The van der Waals surface area contributed by atoms with Gasteiger partial charge in [0.25, 0.3) is 5.91 Å². The van der Waals surface area contributed by atoms with Crippen molar-refractivity contribution < 1.29 is 69.7 Å². The Morgan fingerprint density at radius 2 is 1.12 bits per heavy atom. The minimum Gasteiger partial charge on any atom is -0.478 e. The minimum atomic E-state index is -4.70. The van der Waals surface area contributed by atoms with Crippen molar-refractivity contribution >= 4 is 69.2 Å². The highest BCUT2D eigenvalue weighted by Crippen LogP contribution is 2.41. The Morgan fingerprint density at radius 3 is 1.46 bits per heavy atom. The SMILES string of the molecule is C.CC1(O)CCN(C(=O)c2ccc(-c3cc(C(F)(F)F)c4oc(CCC(=O)/C=C/c5ccc(N)nc5)cc4c3)nc2)C1.CC1(O)CCNC1.Nc1ccc(/C=C/C(=O)CCc2cc3cc(-c4ccc(C(=O)O)cn4)cc(C(F)(F)F)c3o2)cn1. The van der Waals surface area contributed by atoms with Crippen LogP contribution in [0.3, 0.4) is 0 Å². The minimum absolute atomic E-state index is 0. The topological polar surface area (TPSA) is 274 Å².